The fourth-order valence-electron chi connectivity index (χ4n) is 2.52. The van der Waals surface area contributed by atoms with Crippen LogP contribution in [-0.2, 0) is 10.0 Å². The van der Waals surface area contributed by atoms with Gasteiger partial charge in [-0.2, -0.15) is 4.31 Å². The van der Waals surface area contributed by atoms with Gasteiger partial charge in [-0.15, -0.1) is 0 Å². The highest BCUT2D eigenvalue weighted by Crippen LogP contribution is 2.25. The molecule has 1 heterocycles. The highest BCUT2D eigenvalue weighted by atomic mass is 32.2. The zero-order chi connectivity index (χ0) is 15.8. The van der Waals surface area contributed by atoms with Crippen LogP contribution in [0.1, 0.15) is 12.8 Å². The number of nitrogens with two attached hydrogens (primary N) is 1. The summed E-state index contributed by atoms with van der Waals surface area (Å²) < 4.78 is 52.8. The number of hydrogen-bond donors (Lipinski definition) is 1. The number of halogens is 2. The number of rotatable bonds is 4. The molecule has 1 aliphatic heterocycles. The zero-order valence-corrected chi connectivity index (χ0v) is 12.8. The van der Waals surface area contributed by atoms with Crippen LogP contribution in [0, 0.1) is 11.6 Å². The maximum Gasteiger partial charge on any atom is 0.245 e. The van der Waals surface area contributed by atoms with Gasteiger partial charge in [-0.3, -0.25) is 0 Å². The molecule has 0 aliphatic carbocycles. The number of benzene rings is 1. The van der Waals surface area contributed by atoms with Crippen LogP contribution in [0.5, 0.6) is 0 Å². The van der Waals surface area contributed by atoms with Crippen molar-refractivity contribution in [1.29, 1.82) is 0 Å². The Bertz CT molecular complexity index is 637. The normalized spacial score (nSPS) is 20.3. The molecule has 1 unspecified atom stereocenters. The van der Waals surface area contributed by atoms with Gasteiger partial charge < -0.3 is 10.6 Å². The van der Waals surface area contributed by atoms with Crippen LogP contribution >= 0.6 is 0 Å². The Labute approximate surface area is 123 Å². The highest BCUT2D eigenvalue weighted by molar-refractivity contribution is 7.89. The number of anilines is 1. The van der Waals surface area contributed by atoms with E-state index in [1.54, 1.807) is 0 Å². The minimum atomic E-state index is -4.03. The van der Waals surface area contributed by atoms with Crippen molar-refractivity contribution in [1.82, 2.24) is 9.21 Å². The Kier molecular flexibility index (Phi) is 4.50. The third kappa shape index (κ3) is 3.17. The molecule has 1 aromatic carbocycles. The maximum atomic E-state index is 13.8. The molecule has 1 aliphatic rings. The first-order chi connectivity index (χ1) is 9.73. The third-order valence-electron chi connectivity index (χ3n) is 3.88. The third-order valence-corrected chi connectivity index (χ3v) is 5.72. The molecule has 0 amide bonds. The second-order valence-corrected chi connectivity index (χ2v) is 7.38. The van der Waals surface area contributed by atoms with E-state index in [4.69, 9.17) is 5.73 Å². The van der Waals surface area contributed by atoms with Crippen LogP contribution in [0.25, 0.3) is 0 Å². The second-order valence-electron chi connectivity index (χ2n) is 5.37. The Balaban J connectivity index is 2.27. The van der Waals surface area contributed by atoms with E-state index in [-0.39, 0.29) is 18.3 Å². The molecule has 8 heteroatoms. The minimum absolute atomic E-state index is 0.102. The highest BCUT2D eigenvalue weighted by Gasteiger charge is 2.30. The lowest BCUT2D eigenvalue weighted by molar-refractivity contribution is 0.270. The summed E-state index contributed by atoms with van der Waals surface area (Å²) in [6.07, 6.45) is 1.90. The van der Waals surface area contributed by atoms with Crippen molar-refractivity contribution in [3.05, 3.63) is 23.8 Å². The summed E-state index contributed by atoms with van der Waals surface area (Å²) in [7, 11) is -0.720. The number of nitrogen functional groups attached to an aromatic ring is 1. The monoisotopic (exact) mass is 319 g/mol. The number of nitrogens with zero attached hydrogens (tertiary/aromatic N) is 2. The Morgan fingerprint density at radius 1 is 1.38 bits per heavy atom. The average Bonchev–Trinajstić information content (AvgIpc) is 2.79. The zero-order valence-electron chi connectivity index (χ0n) is 12.0. The van der Waals surface area contributed by atoms with Gasteiger partial charge >= 0.3 is 0 Å². The van der Waals surface area contributed by atoms with Gasteiger partial charge in [0.25, 0.3) is 0 Å². The average molecular weight is 319 g/mol. The lowest BCUT2D eigenvalue weighted by Gasteiger charge is -2.25. The number of likely N-dealkylation sites (tertiary alicyclic amines) is 1. The molecule has 1 atom stereocenters. The van der Waals surface area contributed by atoms with Crippen molar-refractivity contribution in [3.8, 4) is 0 Å². The lowest BCUT2D eigenvalue weighted by Crippen LogP contribution is -2.39. The van der Waals surface area contributed by atoms with Gasteiger partial charge in [-0.05, 0) is 32.5 Å². The molecule has 0 radical (unpaired) electrons. The second kappa shape index (κ2) is 5.86. The summed E-state index contributed by atoms with van der Waals surface area (Å²) in [6, 6.07) is 1.43. The van der Waals surface area contributed by atoms with Crippen molar-refractivity contribution in [2.75, 3.05) is 32.9 Å². The summed E-state index contributed by atoms with van der Waals surface area (Å²) in [5.74, 6) is -2.10. The molecule has 21 heavy (non-hydrogen) atoms. The molecule has 1 aromatic rings. The van der Waals surface area contributed by atoms with Gasteiger partial charge in [0.05, 0.1) is 5.69 Å². The van der Waals surface area contributed by atoms with E-state index < -0.39 is 26.6 Å². The van der Waals surface area contributed by atoms with E-state index in [9.17, 15) is 17.2 Å². The lowest BCUT2D eigenvalue weighted by atomic mass is 10.2. The van der Waals surface area contributed by atoms with Crippen molar-refractivity contribution in [2.24, 2.45) is 0 Å². The van der Waals surface area contributed by atoms with Gasteiger partial charge in [0.15, 0.2) is 0 Å². The quantitative estimate of drug-likeness (QED) is 0.849. The van der Waals surface area contributed by atoms with Crippen LogP contribution < -0.4 is 5.73 Å². The van der Waals surface area contributed by atoms with Crippen LogP contribution in [0.15, 0.2) is 17.0 Å². The Morgan fingerprint density at radius 2 is 2.05 bits per heavy atom. The summed E-state index contributed by atoms with van der Waals surface area (Å²) in [5.41, 5.74) is 4.95. The van der Waals surface area contributed by atoms with Gasteiger partial charge in [0, 0.05) is 25.7 Å². The molecule has 0 spiro atoms. The van der Waals surface area contributed by atoms with Gasteiger partial charge in [0.1, 0.15) is 16.5 Å². The number of hydrogen-bond acceptors (Lipinski definition) is 4. The Morgan fingerprint density at radius 3 is 2.62 bits per heavy atom. The molecular weight excluding hydrogens is 300 g/mol. The molecule has 118 valence electrons. The largest absolute Gasteiger partial charge is 0.396 e. The number of likely N-dealkylation sites (N-methyl/N-ethyl adjacent to an activating group) is 2. The van der Waals surface area contributed by atoms with E-state index in [1.165, 1.54) is 7.05 Å². The molecular formula is C13H19F2N3O2S. The maximum absolute atomic E-state index is 13.8. The first kappa shape index (κ1) is 16.1. The van der Waals surface area contributed by atoms with E-state index >= 15 is 0 Å². The van der Waals surface area contributed by atoms with Crippen LogP contribution in [0.3, 0.4) is 0 Å². The molecule has 5 nitrogen and oxygen atoms in total. The fraction of sp³-hybridized carbons (Fsp3) is 0.538. The summed E-state index contributed by atoms with van der Waals surface area (Å²) >= 11 is 0. The van der Waals surface area contributed by atoms with Gasteiger partial charge in [0.2, 0.25) is 10.0 Å². The molecule has 0 saturated carbocycles. The SMILES string of the molecule is CN1CCCC1CN(C)S(=O)(=O)c1cc(N)c(F)cc1F. The van der Waals surface area contributed by atoms with E-state index in [1.807, 2.05) is 7.05 Å². The van der Waals surface area contributed by atoms with Crippen LogP contribution in [0.4, 0.5) is 14.5 Å². The number of sulfonamides is 1. The van der Waals surface area contributed by atoms with E-state index in [0.29, 0.717) is 6.07 Å². The van der Waals surface area contributed by atoms with E-state index in [0.717, 1.165) is 29.8 Å². The predicted octanol–water partition coefficient (Wildman–Crippen LogP) is 1.26. The summed E-state index contributed by atoms with van der Waals surface area (Å²) in [4.78, 5) is 1.48. The Hall–Kier alpha value is -1.25. The summed E-state index contributed by atoms with van der Waals surface area (Å²) in [5, 5.41) is 0. The minimum Gasteiger partial charge on any atom is -0.396 e. The fourth-order valence-corrected chi connectivity index (χ4v) is 3.80. The van der Waals surface area contributed by atoms with Crippen LogP contribution in [0.2, 0.25) is 0 Å². The van der Waals surface area contributed by atoms with Crippen molar-refractivity contribution in [3.63, 3.8) is 0 Å². The molecule has 0 bridgehead atoms. The molecule has 2 N–H and O–H groups in total. The summed E-state index contributed by atoms with van der Waals surface area (Å²) in [6.45, 7) is 1.17. The van der Waals surface area contributed by atoms with Gasteiger partial charge in [-0.1, -0.05) is 0 Å². The van der Waals surface area contributed by atoms with Crippen molar-refractivity contribution >= 4 is 15.7 Å². The predicted molar refractivity (Wildman–Crippen MR) is 76.2 cm³/mol. The van der Waals surface area contributed by atoms with Gasteiger partial charge in [-0.25, -0.2) is 17.2 Å². The first-order valence-electron chi connectivity index (χ1n) is 6.64. The smallest absolute Gasteiger partial charge is 0.245 e. The van der Waals surface area contributed by atoms with Crippen molar-refractivity contribution in [2.45, 2.75) is 23.8 Å². The van der Waals surface area contributed by atoms with E-state index in [2.05, 4.69) is 4.90 Å². The van der Waals surface area contributed by atoms with Crippen molar-refractivity contribution < 1.29 is 17.2 Å². The topological polar surface area (TPSA) is 66.6 Å². The molecule has 1 fully saturated rings. The van der Waals surface area contributed by atoms with Crippen LogP contribution in [-0.4, -0.2) is 50.8 Å². The first-order valence-corrected chi connectivity index (χ1v) is 8.08. The standard InChI is InChI=1S/C13H19F2N3O2S/c1-17-5-3-4-9(17)8-18(2)21(19,20)13-7-12(16)10(14)6-11(13)15/h6-7,9H,3-5,8,16H2,1-2H3. The molecule has 2 rings (SSSR count). The molecule has 0 aromatic heterocycles. The molecule has 1 saturated heterocycles.